The van der Waals surface area contributed by atoms with Gasteiger partial charge in [-0.2, -0.15) is 4.31 Å². The summed E-state index contributed by atoms with van der Waals surface area (Å²) in [4.78, 5) is 17.1. The molecule has 9 nitrogen and oxygen atoms in total. The van der Waals surface area contributed by atoms with Crippen LogP contribution < -0.4 is 5.32 Å². The van der Waals surface area contributed by atoms with Crippen LogP contribution in [-0.2, 0) is 30.8 Å². The Morgan fingerprint density at radius 1 is 1.29 bits per heavy atom. The van der Waals surface area contributed by atoms with Gasteiger partial charge in [0.25, 0.3) is 0 Å². The summed E-state index contributed by atoms with van der Waals surface area (Å²) >= 11 is 1.35. The zero-order chi connectivity index (χ0) is 21.8. The van der Waals surface area contributed by atoms with Gasteiger partial charge in [-0.1, -0.05) is 11.8 Å². The predicted molar refractivity (Wildman–Crippen MR) is 118 cm³/mol. The van der Waals surface area contributed by atoms with E-state index in [9.17, 15) is 13.2 Å². The molecule has 4 rings (SSSR count). The van der Waals surface area contributed by atoms with Crippen molar-refractivity contribution < 1.29 is 22.7 Å². The van der Waals surface area contributed by atoms with Gasteiger partial charge in [0, 0.05) is 32.8 Å². The van der Waals surface area contributed by atoms with Crippen molar-refractivity contribution in [3.05, 3.63) is 18.2 Å². The van der Waals surface area contributed by atoms with Gasteiger partial charge in [0.1, 0.15) is 0 Å². The highest BCUT2D eigenvalue weighted by atomic mass is 32.2. The van der Waals surface area contributed by atoms with Crippen LogP contribution in [0.15, 0.2) is 28.3 Å². The van der Waals surface area contributed by atoms with Crippen LogP contribution >= 0.6 is 11.8 Å². The highest BCUT2D eigenvalue weighted by Crippen LogP contribution is 2.27. The maximum atomic E-state index is 13.0. The number of hydrogen-bond acceptors (Lipinski definition) is 7. The number of nitrogens with one attached hydrogen (secondary N) is 1. The van der Waals surface area contributed by atoms with Gasteiger partial charge in [-0.25, -0.2) is 13.4 Å². The number of morpholine rings is 1. The number of benzene rings is 1. The van der Waals surface area contributed by atoms with Crippen molar-refractivity contribution >= 4 is 38.7 Å². The van der Waals surface area contributed by atoms with E-state index in [1.54, 1.807) is 18.2 Å². The standard InChI is InChI=1S/C20H28N4O5S2/c1-2-24-18-6-5-16(31(26,27)23-7-10-28-11-8-23)12-17(18)22-20(24)30-14-19(25)21-13-15-4-3-9-29-15/h5-6,12,15H,2-4,7-11,13-14H2,1H3,(H,21,25)/t15-/m1/s1. The number of aryl methyl sites for hydroxylation is 1. The van der Waals surface area contributed by atoms with E-state index in [1.807, 2.05) is 11.5 Å². The van der Waals surface area contributed by atoms with Crippen LogP contribution in [0.5, 0.6) is 0 Å². The van der Waals surface area contributed by atoms with E-state index >= 15 is 0 Å². The number of hydrogen-bond donors (Lipinski definition) is 1. The molecule has 1 N–H and O–H groups in total. The van der Waals surface area contributed by atoms with Crippen molar-refractivity contribution in [2.75, 3.05) is 45.2 Å². The maximum absolute atomic E-state index is 13.0. The summed E-state index contributed by atoms with van der Waals surface area (Å²) in [5.74, 6) is 0.181. The molecule has 2 aliphatic rings. The van der Waals surface area contributed by atoms with Gasteiger partial charge in [-0.3, -0.25) is 4.79 Å². The fraction of sp³-hybridized carbons (Fsp3) is 0.600. The van der Waals surface area contributed by atoms with Crippen LogP contribution in [0.1, 0.15) is 19.8 Å². The van der Waals surface area contributed by atoms with Crippen molar-refractivity contribution in [3.63, 3.8) is 0 Å². The van der Waals surface area contributed by atoms with Gasteiger partial charge in [0.15, 0.2) is 5.16 Å². The molecule has 0 bridgehead atoms. The third kappa shape index (κ3) is 5.06. The van der Waals surface area contributed by atoms with Gasteiger partial charge in [-0.05, 0) is 38.0 Å². The molecule has 0 unspecified atom stereocenters. The Morgan fingerprint density at radius 3 is 2.81 bits per heavy atom. The molecule has 0 saturated carbocycles. The van der Waals surface area contributed by atoms with Crippen LogP contribution in [0.2, 0.25) is 0 Å². The number of ether oxygens (including phenoxy) is 2. The predicted octanol–water partition coefficient (Wildman–Crippen LogP) is 1.46. The van der Waals surface area contributed by atoms with Gasteiger partial charge < -0.3 is 19.4 Å². The number of aromatic nitrogens is 2. The lowest BCUT2D eigenvalue weighted by molar-refractivity contribution is -0.119. The van der Waals surface area contributed by atoms with Gasteiger partial charge >= 0.3 is 0 Å². The lowest BCUT2D eigenvalue weighted by Gasteiger charge is -2.26. The Kier molecular flexibility index (Phi) is 7.17. The Bertz CT molecular complexity index is 1030. The highest BCUT2D eigenvalue weighted by Gasteiger charge is 2.27. The third-order valence-electron chi connectivity index (χ3n) is 5.49. The van der Waals surface area contributed by atoms with E-state index in [2.05, 4.69) is 10.3 Å². The van der Waals surface area contributed by atoms with E-state index < -0.39 is 10.0 Å². The monoisotopic (exact) mass is 468 g/mol. The van der Waals surface area contributed by atoms with E-state index in [1.165, 1.54) is 16.1 Å². The molecule has 2 saturated heterocycles. The minimum Gasteiger partial charge on any atom is -0.379 e. The Labute approximate surface area is 186 Å². The number of carbonyl (C=O) groups excluding carboxylic acids is 1. The number of nitrogens with zero attached hydrogens (tertiary/aromatic N) is 3. The second-order valence-corrected chi connectivity index (χ2v) is 10.4. The summed E-state index contributed by atoms with van der Waals surface area (Å²) in [5.41, 5.74) is 1.46. The highest BCUT2D eigenvalue weighted by molar-refractivity contribution is 7.99. The molecule has 0 spiro atoms. The van der Waals surface area contributed by atoms with Gasteiger partial charge in [0.05, 0.1) is 41.0 Å². The summed E-state index contributed by atoms with van der Waals surface area (Å²) in [6.45, 7) is 5.49. The number of fused-ring (bicyclic) bond motifs is 1. The van der Waals surface area contributed by atoms with E-state index in [0.717, 1.165) is 25.0 Å². The molecule has 1 aromatic heterocycles. The first kappa shape index (κ1) is 22.5. The zero-order valence-electron chi connectivity index (χ0n) is 17.6. The van der Waals surface area contributed by atoms with E-state index in [0.29, 0.717) is 50.1 Å². The minimum atomic E-state index is -3.58. The van der Waals surface area contributed by atoms with Crippen LogP contribution in [-0.4, -0.2) is 79.5 Å². The molecule has 0 radical (unpaired) electrons. The number of thioether (sulfide) groups is 1. The van der Waals surface area contributed by atoms with E-state index in [-0.39, 0.29) is 22.7 Å². The van der Waals surface area contributed by atoms with Crippen LogP contribution in [0.4, 0.5) is 0 Å². The molecule has 2 aromatic rings. The molecule has 11 heteroatoms. The zero-order valence-corrected chi connectivity index (χ0v) is 19.2. The van der Waals surface area contributed by atoms with Gasteiger partial charge in [-0.15, -0.1) is 0 Å². The summed E-state index contributed by atoms with van der Waals surface area (Å²) in [5, 5.41) is 3.61. The average molecular weight is 469 g/mol. The smallest absolute Gasteiger partial charge is 0.243 e. The number of imidazole rings is 1. The van der Waals surface area contributed by atoms with Crippen LogP contribution in [0, 0.1) is 0 Å². The minimum absolute atomic E-state index is 0.0641. The first-order valence-electron chi connectivity index (χ1n) is 10.6. The lowest BCUT2D eigenvalue weighted by atomic mass is 10.2. The maximum Gasteiger partial charge on any atom is 0.243 e. The van der Waals surface area contributed by atoms with Gasteiger partial charge in [0.2, 0.25) is 15.9 Å². The van der Waals surface area contributed by atoms with Crippen molar-refractivity contribution in [2.24, 2.45) is 0 Å². The van der Waals surface area contributed by atoms with Crippen molar-refractivity contribution in [1.82, 2.24) is 19.2 Å². The summed E-state index contributed by atoms with van der Waals surface area (Å²) < 4.78 is 40.1. The molecule has 2 aliphatic heterocycles. The molecule has 31 heavy (non-hydrogen) atoms. The van der Waals surface area contributed by atoms with Crippen LogP contribution in [0.25, 0.3) is 11.0 Å². The molecule has 170 valence electrons. The van der Waals surface area contributed by atoms with Crippen molar-refractivity contribution in [1.29, 1.82) is 0 Å². The van der Waals surface area contributed by atoms with Crippen molar-refractivity contribution in [2.45, 2.75) is 42.5 Å². The Hall–Kier alpha value is -1.66. The second-order valence-electron chi connectivity index (χ2n) is 7.53. The number of carbonyl (C=O) groups is 1. The van der Waals surface area contributed by atoms with Crippen LogP contribution in [0.3, 0.4) is 0 Å². The number of sulfonamides is 1. The quantitative estimate of drug-likeness (QED) is 0.585. The fourth-order valence-corrected chi connectivity index (χ4v) is 6.15. The Morgan fingerprint density at radius 2 is 2.10 bits per heavy atom. The Balaban J connectivity index is 1.47. The second kappa shape index (κ2) is 9.86. The molecular weight excluding hydrogens is 440 g/mol. The number of amides is 1. The fourth-order valence-electron chi connectivity index (χ4n) is 3.81. The molecule has 2 fully saturated rings. The molecule has 1 aromatic carbocycles. The summed E-state index contributed by atoms with van der Waals surface area (Å²) in [7, 11) is -3.58. The first-order chi connectivity index (χ1) is 15.0. The summed E-state index contributed by atoms with van der Waals surface area (Å²) in [6, 6.07) is 5.04. The normalized spacial score (nSPS) is 20.4. The topological polar surface area (TPSA) is 103 Å². The average Bonchev–Trinajstić information content (AvgIpc) is 3.43. The molecule has 3 heterocycles. The molecular formula is C20H28N4O5S2. The largest absolute Gasteiger partial charge is 0.379 e. The first-order valence-corrected chi connectivity index (χ1v) is 13.0. The molecule has 1 atom stereocenters. The molecule has 0 aliphatic carbocycles. The third-order valence-corrected chi connectivity index (χ3v) is 8.36. The van der Waals surface area contributed by atoms with Crippen molar-refractivity contribution in [3.8, 4) is 0 Å². The van der Waals surface area contributed by atoms with E-state index in [4.69, 9.17) is 9.47 Å². The lowest BCUT2D eigenvalue weighted by Crippen LogP contribution is -2.40. The molecule has 1 amide bonds. The number of rotatable bonds is 8. The SMILES string of the molecule is CCn1c(SCC(=O)NC[C@H]2CCCO2)nc2cc(S(=O)(=O)N3CCOCC3)ccc21. The summed E-state index contributed by atoms with van der Waals surface area (Å²) in [6.07, 6.45) is 2.13.